The number of benzene rings is 1. The third-order valence-corrected chi connectivity index (χ3v) is 5.21. The molecule has 1 aromatic rings. The summed E-state index contributed by atoms with van der Waals surface area (Å²) in [7, 11) is 0. The Kier molecular flexibility index (Phi) is 4.67. The lowest BCUT2D eigenvalue weighted by molar-refractivity contribution is 0.457. The summed E-state index contributed by atoms with van der Waals surface area (Å²) < 4.78 is 2.57. The second-order valence-electron chi connectivity index (χ2n) is 4.78. The van der Waals surface area contributed by atoms with E-state index in [4.69, 9.17) is 0 Å². The van der Waals surface area contributed by atoms with Gasteiger partial charge in [0.1, 0.15) is 0 Å². The van der Waals surface area contributed by atoms with Gasteiger partial charge in [-0.1, -0.05) is 38.8 Å². The van der Waals surface area contributed by atoms with E-state index in [2.05, 4.69) is 57.1 Å². The smallest absolute Gasteiger partial charge is 0.0334 e. The molecule has 0 amide bonds. The molecule has 17 heavy (non-hydrogen) atoms. The molecule has 3 heteroatoms. The van der Waals surface area contributed by atoms with Crippen molar-refractivity contribution in [1.29, 1.82) is 0 Å². The molecule has 1 aliphatic carbocycles. The first-order valence-electron chi connectivity index (χ1n) is 6.36. The normalized spacial score (nSPS) is 19.2. The molecule has 0 bridgehead atoms. The summed E-state index contributed by atoms with van der Waals surface area (Å²) in [5, 5.41) is 3.67. The van der Waals surface area contributed by atoms with E-state index >= 15 is 0 Å². The molecule has 1 atom stereocenters. The standard InChI is InChI=1S/C14H19Br2N/c1-3-7-17-12-6-4-5-10-11(15)8-9(2)14(16)13(10)12/h8,12,17H,3-7H2,1-2H3. The SMILES string of the molecule is CCCNC1CCCc2c(Br)cc(C)c(Br)c21. The fourth-order valence-electron chi connectivity index (χ4n) is 2.58. The van der Waals surface area contributed by atoms with Crippen LogP contribution in [0.15, 0.2) is 15.0 Å². The fraction of sp³-hybridized carbons (Fsp3) is 0.571. The van der Waals surface area contributed by atoms with Crippen LogP contribution in [0.1, 0.15) is 48.9 Å². The molecule has 0 radical (unpaired) electrons. The number of hydrogen-bond acceptors (Lipinski definition) is 1. The highest BCUT2D eigenvalue weighted by molar-refractivity contribution is 9.11. The Labute approximate surface area is 121 Å². The average Bonchev–Trinajstić information content (AvgIpc) is 2.33. The van der Waals surface area contributed by atoms with Crippen molar-refractivity contribution in [3.63, 3.8) is 0 Å². The first-order valence-corrected chi connectivity index (χ1v) is 7.94. The largest absolute Gasteiger partial charge is 0.310 e. The molecule has 0 saturated carbocycles. The van der Waals surface area contributed by atoms with E-state index in [0.29, 0.717) is 6.04 Å². The van der Waals surface area contributed by atoms with Gasteiger partial charge in [0.2, 0.25) is 0 Å². The van der Waals surface area contributed by atoms with Gasteiger partial charge in [0.15, 0.2) is 0 Å². The summed E-state index contributed by atoms with van der Waals surface area (Å²) in [6, 6.07) is 2.75. The third-order valence-electron chi connectivity index (χ3n) is 3.45. The number of halogens is 2. The zero-order valence-electron chi connectivity index (χ0n) is 10.4. The van der Waals surface area contributed by atoms with E-state index in [9.17, 15) is 0 Å². The number of fused-ring (bicyclic) bond motifs is 1. The van der Waals surface area contributed by atoms with Gasteiger partial charge in [-0.25, -0.2) is 0 Å². The topological polar surface area (TPSA) is 12.0 Å². The predicted octanol–water partition coefficient (Wildman–Crippen LogP) is 4.90. The number of aryl methyl sites for hydroxylation is 1. The highest BCUT2D eigenvalue weighted by Gasteiger charge is 2.24. The highest BCUT2D eigenvalue weighted by atomic mass is 79.9. The quantitative estimate of drug-likeness (QED) is 0.808. The average molecular weight is 361 g/mol. The van der Waals surface area contributed by atoms with Crippen molar-refractivity contribution in [2.24, 2.45) is 0 Å². The summed E-state index contributed by atoms with van der Waals surface area (Å²) in [6.07, 6.45) is 4.92. The Morgan fingerprint density at radius 1 is 1.41 bits per heavy atom. The van der Waals surface area contributed by atoms with Crippen molar-refractivity contribution < 1.29 is 0 Å². The van der Waals surface area contributed by atoms with Gasteiger partial charge < -0.3 is 5.32 Å². The van der Waals surface area contributed by atoms with E-state index in [1.165, 1.54) is 51.3 Å². The lowest BCUT2D eigenvalue weighted by Crippen LogP contribution is -2.26. The Morgan fingerprint density at radius 2 is 2.18 bits per heavy atom. The molecular weight excluding hydrogens is 342 g/mol. The fourth-order valence-corrected chi connectivity index (χ4v) is 3.97. The summed E-state index contributed by atoms with van der Waals surface area (Å²) in [4.78, 5) is 0. The molecule has 1 unspecified atom stereocenters. The van der Waals surface area contributed by atoms with Gasteiger partial charge in [0, 0.05) is 15.0 Å². The first kappa shape index (κ1) is 13.6. The van der Waals surface area contributed by atoms with Gasteiger partial charge in [0.25, 0.3) is 0 Å². The maximum Gasteiger partial charge on any atom is 0.0334 e. The number of nitrogens with one attached hydrogen (secondary N) is 1. The lowest BCUT2D eigenvalue weighted by atomic mass is 9.86. The van der Waals surface area contributed by atoms with Crippen LogP contribution in [0, 0.1) is 6.92 Å². The lowest BCUT2D eigenvalue weighted by Gasteiger charge is -2.29. The van der Waals surface area contributed by atoms with Crippen LogP contribution in [0.4, 0.5) is 0 Å². The molecule has 94 valence electrons. The van der Waals surface area contributed by atoms with Crippen molar-refractivity contribution in [3.05, 3.63) is 31.7 Å². The minimum atomic E-state index is 0.518. The van der Waals surface area contributed by atoms with Crippen molar-refractivity contribution in [1.82, 2.24) is 5.32 Å². The maximum atomic E-state index is 3.77. The molecule has 1 aliphatic rings. The summed E-state index contributed by atoms with van der Waals surface area (Å²) in [5.41, 5.74) is 4.29. The van der Waals surface area contributed by atoms with E-state index in [0.717, 1.165) is 6.54 Å². The zero-order chi connectivity index (χ0) is 12.4. The second-order valence-corrected chi connectivity index (χ2v) is 6.43. The van der Waals surface area contributed by atoms with Crippen LogP contribution in [0.25, 0.3) is 0 Å². The summed E-state index contributed by atoms with van der Waals surface area (Å²) in [5.74, 6) is 0. The van der Waals surface area contributed by atoms with E-state index in [-0.39, 0.29) is 0 Å². The Bertz CT molecular complexity index is 415. The van der Waals surface area contributed by atoms with Gasteiger partial charge in [-0.3, -0.25) is 0 Å². The van der Waals surface area contributed by atoms with Crippen molar-refractivity contribution in [2.45, 2.75) is 45.6 Å². The van der Waals surface area contributed by atoms with Crippen LogP contribution in [-0.4, -0.2) is 6.54 Å². The molecule has 0 aliphatic heterocycles. The minimum Gasteiger partial charge on any atom is -0.310 e. The molecular formula is C14H19Br2N. The maximum absolute atomic E-state index is 3.77. The molecule has 0 aromatic heterocycles. The molecule has 0 heterocycles. The first-order chi connectivity index (χ1) is 8.15. The Balaban J connectivity index is 2.41. The zero-order valence-corrected chi connectivity index (χ0v) is 13.6. The van der Waals surface area contributed by atoms with Gasteiger partial charge in [0.05, 0.1) is 0 Å². The van der Waals surface area contributed by atoms with Crippen molar-refractivity contribution >= 4 is 31.9 Å². The molecule has 1 aromatic carbocycles. The number of hydrogen-bond donors (Lipinski definition) is 1. The van der Waals surface area contributed by atoms with Crippen LogP contribution < -0.4 is 5.32 Å². The molecule has 1 nitrogen and oxygen atoms in total. The number of rotatable bonds is 3. The third kappa shape index (κ3) is 2.77. The van der Waals surface area contributed by atoms with E-state index in [1.54, 1.807) is 0 Å². The van der Waals surface area contributed by atoms with Gasteiger partial charge in [-0.05, 0) is 61.9 Å². The van der Waals surface area contributed by atoms with Crippen LogP contribution >= 0.6 is 31.9 Å². The molecule has 2 rings (SSSR count). The summed E-state index contributed by atoms with van der Waals surface area (Å²) >= 11 is 7.49. The second kappa shape index (κ2) is 5.85. The van der Waals surface area contributed by atoms with Crippen LogP contribution in [-0.2, 0) is 6.42 Å². The van der Waals surface area contributed by atoms with E-state index in [1.807, 2.05) is 0 Å². The van der Waals surface area contributed by atoms with Crippen LogP contribution in [0.3, 0.4) is 0 Å². The van der Waals surface area contributed by atoms with Gasteiger partial charge in [-0.15, -0.1) is 0 Å². The Hall–Kier alpha value is 0.140. The monoisotopic (exact) mass is 359 g/mol. The minimum absolute atomic E-state index is 0.518. The van der Waals surface area contributed by atoms with E-state index < -0.39 is 0 Å². The Morgan fingerprint density at radius 3 is 2.88 bits per heavy atom. The van der Waals surface area contributed by atoms with Crippen molar-refractivity contribution in [3.8, 4) is 0 Å². The highest BCUT2D eigenvalue weighted by Crippen LogP contribution is 2.40. The van der Waals surface area contributed by atoms with Gasteiger partial charge in [-0.2, -0.15) is 0 Å². The molecule has 0 saturated heterocycles. The summed E-state index contributed by atoms with van der Waals surface area (Å²) in [6.45, 7) is 5.49. The van der Waals surface area contributed by atoms with Crippen LogP contribution in [0.5, 0.6) is 0 Å². The predicted molar refractivity (Wildman–Crippen MR) is 80.6 cm³/mol. The van der Waals surface area contributed by atoms with Crippen molar-refractivity contribution in [2.75, 3.05) is 6.54 Å². The molecule has 0 spiro atoms. The van der Waals surface area contributed by atoms with Gasteiger partial charge >= 0.3 is 0 Å². The molecule has 1 N–H and O–H groups in total. The van der Waals surface area contributed by atoms with Crippen LogP contribution in [0.2, 0.25) is 0 Å². The molecule has 0 fully saturated rings.